The highest BCUT2D eigenvalue weighted by Gasteiger charge is 2.31. The molecule has 0 aliphatic carbocycles. The van der Waals surface area contributed by atoms with E-state index in [9.17, 15) is 28.8 Å². The van der Waals surface area contributed by atoms with Gasteiger partial charge in [-0.3, -0.25) is 24.0 Å². The summed E-state index contributed by atoms with van der Waals surface area (Å²) >= 11 is 2.91. The predicted molar refractivity (Wildman–Crippen MR) is 123 cm³/mol. The molecular formula is C18H31N5O8S2. The fourth-order valence-electron chi connectivity index (χ4n) is 2.49. The van der Waals surface area contributed by atoms with Crippen molar-refractivity contribution >= 4 is 59.1 Å². The van der Waals surface area contributed by atoms with Gasteiger partial charge >= 0.3 is 11.9 Å². The number of carboxylic acid groups (broad SMARTS) is 2. The van der Waals surface area contributed by atoms with Crippen molar-refractivity contribution in [3.8, 4) is 0 Å². The largest absolute Gasteiger partial charge is 0.481 e. The van der Waals surface area contributed by atoms with Crippen LogP contribution in [-0.4, -0.2) is 94.0 Å². The van der Waals surface area contributed by atoms with E-state index in [1.807, 2.05) is 11.6 Å². The number of carbonyl (C=O) groups is 6. The Labute approximate surface area is 199 Å². The van der Waals surface area contributed by atoms with E-state index < -0.39 is 72.6 Å². The van der Waals surface area contributed by atoms with E-state index in [1.54, 1.807) is 6.26 Å². The van der Waals surface area contributed by atoms with Crippen LogP contribution in [-0.2, 0) is 28.8 Å². The van der Waals surface area contributed by atoms with E-state index in [0.29, 0.717) is 17.9 Å². The van der Waals surface area contributed by atoms with Crippen LogP contribution in [0.1, 0.15) is 25.7 Å². The van der Waals surface area contributed by atoms with Gasteiger partial charge in [0.2, 0.25) is 23.6 Å². The molecule has 4 unspecified atom stereocenters. The lowest BCUT2D eigenvalue weighted by molar-refractivity contribution is -0.147. The Morgan fingerprint density at radius 2 is 1.24 bits per heavy atom. The molecule has 0 aliphatic rings. The molecule has 188 valence electrons. The summed E-state index contributed by atoms with van der Waals surface area (Å²) < 4.78 is 0. The van der Waals surface area contributed by atoms with Crippen LogP contribution in [0, 0.1) is 0 Å². The quantitative estimate of drug-likeness (QED) is 0.110. The summed E-state index contributed by atoms with van der Waals surface area (Å²) in [6.07, 6.45) is 2.63. The Bertz CT molecular complexity index is 724. The number of primary amides is 1. The summed E-state index contributed by atoms with van der Waals surface area (Å²) in [7, 11) is 0. The first-order valence-corrected chi connectivity index (χ1v) is 12.6. The molecule has 0 saturated heterocycles. The highest BCUT2D eigenvalue weighted by Crippen LogP contribution is 2.05. The Hall–Kier alpha value is -2.52. The average Bonchev–Trinajstić information content (AvgIpc) is 2.72. The van der Waals surface area contributed by atoms with Crippen molar-refractivity contribution in [2.45, 2.75) is 49.9 Å². The number of carboxylic acids is 2. The summed E-state index contributed by atoms with van der Waals surface area (Å²) in [6, 6.07) is -5.30. The fraction of sp³-hybridized carbons (Fsp3) is 0.667. The number of thioether (sulfide) groups is 2. The topological polar surface area (TPSA) is 231 Å². The SMILES string of the molecule is CSCCC(N)C(=O)NC(CCSC)C(=O)NC(CC(N)=O)C(=O)NC(CC(=O)O)C(=O)O. The molecule has 0 radical (unpaired) electrons. The van der Waals surface area contributed by atoms with Gasteiger partial charge in [-0.15, -0.1) is 0 Å². The van der Waals surface area contributed by atoms with Crippen molar-refractivity contribution in [1.82, 2.24) is 16.0 Å². The average molecular weight is 510 g/mol. The standard InChI is InChI=1S/C18H31N5O8S2/c1-32-5-3-9(19)15(27)21-10(4-6-33-2)16(28)22-11(7-13(20)24)17(29)23-12(18(30)31)8-14(25)26/h9-12H,3-8,19H2,1-2H3,(H2,20,24)(H,21,27)(H,22,28)(H,23,29)(H,25,26)(H,30,31). The molecular weight excluding hydrogens is 478 g/mol. The van der Waals surface area contributed by atoms with E-state index in [4.69, 9.17) is 21.7 Å². The minimum absolute atomic E-state index is 0.190. The molecule has 15 heteroatoms. The summed E-state index contributed by atoms with van der Waals surface area (Å²) in [4.78, 5) is 71.0. The van der Waals surface area contributed by atoms with Crippen molar-refractivity contribution < 1.29 is 39.0 Å². The first kappa shape index (κ1) is 30.5. The van der Waals surface area contributed by atoms with Crippen LogP contribution in [0.15, 0.2) is 0 Å². The Balaban J connectivity index is 5.45. The number of carbonyl (C=O) groups excluding carboxylic acids is 4. The van der Waals surface area contributed by atoms with E-state index in [-0.39, 0.29) is 6.42 Å². The first-order chi connectivity index (χ1) is 15.4. The molecule has 4 amide bonds. The van der Waals surface area contributed by atoms with Gasteiger partial charge in [0.25, 0.3) is 0 Å². The van der Waals surface area contributed by atoms with Gasteiger partial charge in [0.1, 0.15) is 18.1 Å². The summed E-state index contributed by atoms with van der Waals surface area (Å²) in [5.74, 6) is -5.42. The Kier molecular flexibility index (Phi) is 14.9. The van der Waals surface area contributed by atoms with Gasteiger partial charge in [-0.2, -0.15) is 23.5 Å². The minimum Gasteiger partial charge on any atom is -0.481 e. The summed E-state index contributed by atoms with van der Waals surface area (Å²) in [5, 5.41) is 24.7. The van der Waals surface area contributed by atoms with Crippen molar-refractivity contribution in [2.75, 3.05) is 24.0 Å². The first-order valence-electron chi connectivity index (χ1n) is 9.80. The van der Waals surface area contributed by atoms with Crippen LogP contribution < -0.4 is 27.4 Å². The molecule has 0 heterocycles. The number of aliphatic carboxylic acids is 2. The van der Waals surface area contributed by atoms with Gasteiger partial charge in [0.15, 0.2) is 0 Å². The van der Waals surface area contributed by atoms with Crippen LogP contribution >= 0.6 is 23.5 Å². The van der Waals surface area contributed by atoms with Gasteiger partial charge in [0, 0.05) is 0 Å². The summed E-state index contributed by atoms with van der Waals surface area (Å²) in [5.41, 5.74) is 11.0. The molecule has 0 aromatic heterocycles. The lowest BCUT2D eigenvalue weighted by Gasteiger charge is -2.24. The number of nitrogens with one attached hydrogen (secondary N) is 3. The molecule has 4 atom stereocenters. The highest BCUT2D eigenvalue weighted by molar-refractivity contribution is 7.98. The van der Waals surface area contributed by atoms with Crippen LogP contribution in [0.5, 0.6) is 0 Å². The third-order valence-electron chi connectivity index (χ3n) is 4.24. The van der Waals surface area contributed by atoms with Gasteiger partial charge in [-0.1, -0.05) is 0 Å². The van der Waals surface area contributed by atoms with Crippen molar-refractivity contribution in [1.29, 1.82) is 0 Å². The zero-order chi connectivity index (χ0) is 25.6. The molecule has 0 aromatic rings. The molecule has 0 bridgehead atoms. The second-order valence-corrected chi connectivity index (χ2v) is 8.93. The van der Waals surface area contributed by atoms with Crippen LogP contribution in [0.4, 0.5) is 0 Å². The van der Waals surface area contributed by atoms with E-state index in [0.717, 1.165) is 0 Å². The molecule has 0 aromatic carbocycles. The van der Waals surface area contributed by atoms with Gasteiger partial charge < -0.3 is 37.6 Å². The second-order valence-electron chi connectivity index (χ2n) is 6.96. The zero-order valence-electron chi connectivity index (χ0n) is 18.4. The van der Waals surface area contributed by atoms with E-state index >= 15 is 0 Å². The normalized spacial score (nSPS) is 14.3. The third-order valence-corrected chi connectivity index (χ3v) is 5.53. The van der Waals surface area contributed by atoms with Crippen LogP contribution in [0.2, 0.25) is 0 Å². The minimum atomic E-state index is -1.79. The van der Waals surface area contributed by atoms with Crippen LogP contribution in [0.3, 0.4) is 0 Å². The Morgan fingerprint density at radius 1 is 0.758 bits per heavy atom. The van der Waals surface area contributed by atoms with Crippen molar-refractivity contribution in [3.63, 3.8) is 0 Å². The molecule has 0 aliphatic heterocycles. The molecule has 33 heavy (non-hydrogen) atoms. The lowest BCUT2D eigenvalue weighted by Crippen LogP contribution is -2.58. The number of hydrogen-bond donors (Lipinski definition) is 7. The second kappa shape index (κ2) is 16.1. The van der Waals surface area contributed by atoms with E-state index in [1.165, 1.54) is 23.5 Å². The van der Waals surface area contributed by atoms with Gasteiger partial charge in [-0.25, -0.2) is 4.79 Å². The maximum absolute atomic E-state index is 12.8. The number of nitrogens with two attached hydrogens (primary N) is 2. The fourth-order valence-corrected chi connectivity index (χ4v) is 3.45. The smallest absolute Gasteiger partial charge is 0.326 e. The molecule has 13 nitrogen and oxygen atoms in total. The Morgan fingerprint density at radius 3 is 1.73 bits per heavy atom. The molecule has 0 fully saturated rings. The third kappa shape index (κ3) is 12.9. The predicted octanol–water partition coefficient (Wildman–Crippen LogP) is -2.29. The van der Waals surface area contributed by atoms with Gasteiger partial charge in [-0.05, 0) is 36.9 Å². The molecule has 0 spiro atoms. The lowest BCUT2D eigenvalue weighted by atomic mass is 10.1. The number of amides is 4. The number of rotatable bonds is 17. The van der Waals surface area contributed by atoms with Crippen molar-refractivity contribution in [3.05, 3.63) is 0 Å². The zero-order valence-corrected chi connectivity index (χ0v) is 20.0. The van der Waals surface area contributed by atoms with E-state index in [2.05, 4.69) is 10.6 Å². The summed E-state index contributed by atoms with van der Waals surface area (Å²) in [6.45, 7) is 0. The maximum atomic E-state index is 12.8. The maximum Gasteiger partial charge on any atom is 0.326 e. The highest BCUT2D eigenvalue weighted by atomic mass is 32.2. The monoisotopic (exact) mass is 509 g/mol. The van der Waals surface area contributed by atoms with Gasteiger partial charge in [0.05, 0.1) is 18.9 Å². The van der Waals surface area contributed by atoms with Crippen LogP contribution in [0.25, 0.3) is 0 Å². The number of hydrogen-bond acceptors (Lipinski definition) is 9. The van der Waals surface area contributed by atoms with Crippen molar-refractivity contribution in [2.24, 2.45) is 11.5 Å². The molecule has 0 rings (SSSR count). The molecule has 0 saturated carbocycles. The molecule has 9 N–H and O–H groups in total.